The molecule has 0 saturated heterocycles. The number of carbonyl (C=O) groups is 1. The molecule has 0 heterocycles. The molecule has 0 bridgehead atoms. The zero-order valence-corrected chi connectivity index (χ0v) is 11.2. The predicted molar refractivity (Wildman–Crippen MR) is 68.2 cm³/mol. The minimum Gasteiger partial charge on any atom is -0.464 e. The van der Waals surface area contributed by atoms with Gasteiger partial charge in [0.15, 0.2) is 6.10 Å². The number of rotatable bonds is 4. The molecule has 5 nitrogen and oxygen atoms in total. The van der Waals surface area contributed by atoms with Gasteiger partial charge in [-0.25, -0.2) is 4.79 Å². The minimum atomic E-state index is -1.63. The second-order valence-corrected chi connectivity index (χ2v) is 4.28. The van der Waals surface area contributed by atoms with Gasteiger partial charge < -0.3 is 14.9 Å². The zero-order valence-electron chi connectivity index (χ0n) is 11.2. The fourth-order valence-corrected chi connectivity index (χ4v) is 2.02. The van der Waals surface area contributed by atoms with Crippen molar-refractivity contribution in [2.45, 2.75) is 33.0 Å². The molecule has 19 heavy (non-hydrogen) atoms. The third-order valence-electron chi connectivity index (χ3n) is 2.85. The van der Waals surface area contributed by atoms with Crippen molar-refractivity contribution in [3.05, 3.63) is 34.4 Å². The van der Waals surface area contributed by atoms with Crippen molar-refractivity contribution in [3.63, 3.8) is 0 Å². The van der Waals surface area contributed by atoms with Gasteiger partial charge in [0.1, 0.15) is 6.10 Å². The third kappa shape index (κ3) is 3.31. The van der Waals surface area contributed by atoms with Crippen LogP contribution in [0.3, 0.4) is 0 Å². The van der Waals surface area contributed by atoms with E-state index in [1.54, 1.807) is 32.9 Å². The summed E-state index contributed by atoms with van der Waals surface area (Å²) < 4.78 is 4.67. The quantitative estimate of drug-likeness (QED) is 0.795. The molecule has 0 amide bonds. The normalized spacial score (nSPS) is 13.5. The topological polar surface area (TPSA) is 90.6 Å². The summed E-state index contributed by atoms with van der Waals surface area (Å²) in [7, 11) is 0. The maximum Gasteiger partial charge on any atom is 0.338 e. The highest BCUT2D eigenvalue weighted by molar-refractivity contribution is 5.75. The van der Waals surface area contributed by atoms with Crippen LogP contribution in [0.1, 0.15) is 35.3 Å². The fraction of sp³-hybridized carbons (Fsp3) is 0.429. The van der Waals surface area contributed by atoms with Crippen molar-refractivity contribution in [1.82, 2.24) is 0 Å². The van der Waals surface area contributed by atoms with Crippen LogP contribution in [0.25, 0.3) is 0 Å². The Kier molecular flexibility index (Phi) is 5.04. The largest absolute Gasteiger partial charge is 0.464 e. The molecule has 2 unspecified atom stereocenters. The van der Waals surface area contributed by atoms with Crippen molar-refractivity contribution in [3.8, 4) is 6.07 Å². The number of aryl methyl sites for hydroxylation is 2. The van der Waals surface area contributed by atoms with Crippen LogP contribution in [-0.4, -0.2) is 28.9 Å². The van der Waals surface area contributed by atoms with Crippen molar-refractivity contribution in [1.29, 1.82) is 5.26 Å². The molecule has 0 fully saturated rings. The lowest BCUT2D eigenvalue weighted by Gasteiger charge is -2.20. The average Bonchev–Trinajstić information content (AvgIpc) is 2.36. The average molecular weight is 263 g/mol. The Morgan fingerprint density at radius 3 is 2.32 bits per heavy atom. The monoisotopic (exact) mass is 263 g/mol. The van der Waals surface area contributed by atoms with Gasteiger partial charge in [-0.05, 0) is 49.6 Å². The van der Waals surface area contributed by atoms with Crippen molar-refractivity contribution in [2.75, 3.05) is 6.61 Å². The number of hydrogen-bond donors (Lipinski definition) is 2. The molecule has 0 spiro atoms. The Hall–Kier alpha value is -1.90. The van der Waals surface area contributed by atoms with Crippen LogP contribution in [0.4, 0.5) is 0 Å². The predicted octanol–water partition coefficient (Wildman–Crippen LogP) is 1.13. The standard InChI is InChI=1S/C14H17NO4/c1-4-19-14(18)13(17)12(16)11-8(2)5-10(7-15)6-9(11)3/h5-6,12-13,16-17H,4H2,1-3H3. The van der Waals surface area contributed by atoms with Crippen LogP contribution in [0.2, 0.25) is 0 Å². The number of nitrogens with zero attached hydrogens (tertiary/aromatic N) is 1. The first-order valence-electron chi connectivity index (χ1n) is 5.96. The third-order valence-corrected chi connectivity index (χ3v) is 2.85. The molecule has 0 aliphatic heterocycles. The van der Waals surface area contributed by atoms with Crippen molar-refractivity contribution >= 4 is 5.97 Å². The number of aliphatic hydroxyl groups is 2. The first-order valence-corrected chi connectivity index (χ1v) is 5.96. The highest BCUT2D eigenvalue weighted by atomic mass is 16.5. The van der Waals surface area contributed by atoms with Gasteiger partial charge in [0.25, 0.3) is 0 Å². The summed E-state index contributed by atoms with van der Waals surface area (Å²) in [5.41, 5.74) is 2.20. The SMILES string of the molecule is CCOC(=O)C(O)C(O)c1c(C)cc(C#N)cc1C. The van der Waals surface area contributed by atoms with Crippen LogP contribution in [0, 0.1) is 25.2 Å². The number of esters is 1. The summed E-state index contributed by atoms with van der Waals surface area (Å²) in [6.45, 7) is 5.18. The molecule has 0 radical (unpaired) electrons. The van der Waals surface area contributed by atoms with Gasteiger partial charge in [-0.1, -0.05) is 0 Å². The van der Waals surface area contributed by atoms with Crippen molar-refractivity contribution < 1.29 is 19.7 Å². The van der Waals surface area contributed by atoms with Gasteiger partial charge in [0.05, 0.1) is 18.2 Å². The van der Waals surface area contributed by atoms with E-state index >= 15 is 0 Å². The fourth-order valence-electron chi connectivity index (χ4n) is 2.02. The Bertz CT molecular complexity index is 496. The maximum absolute atomic E-state index is 11.4. The van der Waals surface area contributed by atoms with Crippen LogP contribution in [0.5, 0.6) is 0 Å². The van der Waals surface area contributed by atoms with Crippen LogP contribution < -0.4 is 0 Å². The number of aliphatic hydroxyl groups excluding tert-OH is 2. The molecule has 1 rings (SSSR count). The van der Waals surface area contributed by atoms with E-state index in [1.807, 2.05) is 6.07 Å². The van der Waals surface area contributed by atoms with Crippen LogP contribution >= 0.6 is 0 Å². The van der Waals surface area contributed by atoms with Crippen LogP contribution in [0.15, 0.2) is 12.1 Å². The number of carbonyl (C=O) groups excluding carboxylic acids is 1. The second kappa shape index (κ2) is 6.32. The molecule has 2 N–H and O–H groups in total. The van der Waals surface area contributed by atoms with Gasteiger partial charge in [0, 0.05) is 0 Å². The maximum atomic E-state index is 11.4. The Balaban J connectivity index is 3.10. The second-order valence-electron chi connectivity index (χ2n) is 4.28. The molecule has 1 aromatic rings. The van der Waals surface area contributed by atoms with Crippen LogP contribution in [-0.2, 0) is 9.53 Å². The van der Waals surface area contributed by atoms with E-state index in [2.05, 4.69) is 4.74 Å². The van der Waals surface area contributed by atoms with E-state index in [0.717, 1.165) is 0 Å². The smallest absolute Gasteiger partial charge is 0.338 e. The van der Waals surface area contributed by atoms with E-state index < -0.39 is 18.2 Å². The molecular formula is C14H17NO4. The van der Waals surface area contributed by atoms with E-state index in [0.29, 0.717) is 22.3 Å². The summed E-state index contributed by atoms with van der Waals surface area (Å²) in [5, 5.41) is 28.7. The molecule has 0 aromatic heterocycles. The van der Waals surface area contributed by atoms with Gasteiger partial charge in [0.2, 0.25) is 0 Å². The number of benzene rings is 1. The van der Waals surface area contributed by atoms with Gasteiger partial charge in [-0.3, -0.25) is 0 Å². The highest BCUT2D eigenvalue weighted by Crippen LogP contribution is 2.26. The number of ether oxygens (including phenoxy) is 1. The summed E-state index contributed by atoms with van der Waals surface area (Å²) in [5.74, 6) is -0.863. The lowest BCUT2D eigenvalue weighted by molar-refractivity contribution is -0.159. The number of hydrogen-bond acceptors (Lipinski definition) is 5. The molecule has 2 atom stereocenters. The van der Waals surface area contributed by atoms with Gasteiger partial charge >= 0.3 is 5.97 Å². The van der Waals surface area contributed by atoms with E-state index in [4.69, 9.17) is 5.26 Å². The summed E-state index contributed by atoms with van der Waals surface area (Å²) in [6.07, 6.45) is -3.00. The molecule has 0 aliphatic rings. The van der Waals surface area contributed by atoms with E-state index in [9.17, 15) is 15.0 Å². The molecule has 102 valence electrons. The summed E-state index contributed by atoms with van der Waals surface area (Å²) in [4.78, 5) is 11.4. The lowest BCUT2D eigenvalue weighted by atomic mass is 9.93. The number of nitriles is 1. The van der Waals surface area contributed by atoms with Gasteiger partial charge in [-0.15, -0.1) is 0 Å². The summed E-state index contributed by atoms with van der Waals surface area (Å²) in [6, 6.07) is 5.21. The Labute approximate surface area is 112 Å². The van der Waals surface area contributed by atoms with Crippen molar-refractivity contribution in [2.24, 2.45) is 0 Å². The Morgan fingerprint density at radius 2 is 1.89 bits per heavy atom. The molecular weight excluding hydrogens is 246 g/mol. The zero-order chi connectivity index (χ0) is 14.6. The first-order chi connectivity index (χ1) is 8.92. The van der Waals surface area contributed by atoms with E-state index in [-0.39, 0.29) is 6.61 Å². The molecule has 0 saturated carbocycles. The van der Waals surface area contributed by atoms with E-state index in [1.165, 1.54) is 0 Å². The molecule has 5 heteroatoms. The minimum absolute atomic E-state index is 0.133. The summed E-state index contributed by atoms with van der Waals surface area (Å²) >= 11 is 0. The Morgan fingerprint density at radius 1 is 1.37 bits per heavy atom. The molecule has 0 aliphatic carbocycles. The van der Waals surface area contributed by atoms with Gasteiger partial charge in [-0.2, -0.15) is 5.26 Å². The first kappa shape index (κ1) is 15.2. The molecule has 1 aromatic carbocycles. The highest BCUT2D eigenvalue weighted by Gasteiger charge is 2.29. The lowest BCUT2D eigenvalue weighted by Crippen LogP contribution is -2.30.